The summed E-state index contributed by atoms with van der Waals surface area (Å²) in [6.07, 6.45) is 0.572. The maximum absolute atomic E-state index is 12.0. The number of carbonyl (C=O) groups excluding carboxylic acids is 3. The number of hydrogen-bond acceptors (Lipinski definition) is 6. The third-order valence-electron chi connectivity index (χ3n) is 4.31. The summed E-state index contributed by atoms with van der Waals surface area (Å²) in [5, 5.41) is 6.83. The Balaban J connectivity index is 1.91. The molecule has 0 atom stereocenters. The number of likely N-dealkylation sites (N-methyl/N-ethyl adjacent to an activating group) is 2. The van der Waals surface area contributed by atoms with Crippen LogP contribution in [-0.4, -0.2) is 64.5 Å². The SMILES string of the molecule is CNC(=O)CN(C)C(=O)COC(=O)CCc1c(C)nc2cc(C)nn2c1C. The van der Waals surface area contributed by atoms with Crippen LogP contribution < -0.4 is 5.32 Å². The van der Waals surface area contributed by atoms with Crippen LogP contribution in [0.25, 0.3) is 5.65 Å². The Morgan fingerprint density at radius 3 is 2.63 bits per heavy atom. The van der Waals surface area contributed by atoms with Gasteiger partial charge in [-0.1, -0.05) is 0 Å². The molecule has 0 aliphatic heterocycles. The number of nitrogens with zero attached hydrogens (tertiary/aromatic N) is 4. The highest BCUT2D eigenvalue weighted by molar-refractivity contribution is 5.86. The monoisotopic (exact) mass is 375 g/mol. The van der Waals surface area contributed by atoms with Gasteiger partial charge in [0.25, 0.3) is 5.91 Å². The van der Waals surface area contributed by atoms with Gasteiger partial charge in [-0.15, -0.1) is 0 Å². The van der Waals surface area contributed by atoms with Crippen molar-refractivity contribution in [1.82, 2.24) is 24.8 Å². The molecular weight excluding hydrogens is 350 g/mol. The lowest BCUT2D eigenvalue weighted by Crippen LogP contribution is -2.39. The van der Waals surface area contributed by atoms with Gasteiger partial charge in [0.05, 0.1) is 12.2 Å². The number of nitrogens with one attached hydrogen (secondary N) is 1. The molecule has 0 spiro atoms. The van der Waals surface area contributed by atoms with Crippen LogP contribution in [0.15, 0.2) is 6.07 Å². The van der Waals surface area contributed by atoms with Crippen LogP contribution in [0.5, 0.6) is 0 Å². The zero-order valence-corrected chi connectivity index (χ0v) is 16.3. The van der Waals surface area contributed by atoms with Crippen LogP contribution in [0.2, 0.25) is 0 Å². The van der Waals surface area contributed by atoms with Crippen LogP contribution in [-0.2, 0) is 25.5 Å². The first-order valence-electron chi connectivity index (χ1n) is 8.65. The van der Waals surface area contributed by atoms with Gasteiger partial charge in [0.2, 0.25) is 5.91 Å². The molecule has 0 saturated heterocycles. The summed E-state index contributed by atoms with van der Waals surface area (Å²) in [6.45, 7) is 5.26. The first kappa shape index (κ1) is 20.3. The molecule has 0 aromatic carbocycles. The van der Waals surface area contributed by atoms with E-state index in [2.05, 4.69) is 15.4 Å². The molecule has 1 N–H and O–H groups in total. The molecule has 0 aliphatic carbocycles. The Labute approximate surface area is 157 Å². The highest BCUT2D eigenvalue weighted by atomic mass is 16.5. The average molecular weight is 375 g/mol. The fourth-order valence-electron chi connectivity index (χ4n) is 2.74. The molecule has 0 aliphatic rings. The molecule has 2 amide bonds. The largest absolute Gasteiger partial charge is 0.456 e. The fraction of sp³-hybridized carbons (Fsp3) is 0.500. The highest BCUT2D eigenvalue weighted by Crippen LogP contribution is 2.17. The lowest BCUT2D eigenvalue weighted by molar-refractivity contribution is -0.151. The van der Waals surface area contributed by atoms with Crippen molar-refractivity contribution in [2.24, 2.45) is 0 Å². The van der Waals surface area contributed by atoms with E-state index in [4.69, 9.17) is 4.74 Å². The summed E-state index contributed by atoms with van der Waals surface area (Å²) in [6, 6.07) is 1.90. The number of rotatable bonds is 7. The van der Waals surface area contributed by atoms with E-state index in [0.717, 1.165) is 28.3 Å². The van der Waals surface area contributed by atoms with Gasteiger partial charge in [-0.3, -0.25) is 14.4 Å². The van der Waals surface area contributed by atoms with Crippen molar-refractivity contribution in [3.8, 4) is 0 Å². The second-order valence-electron chi connectivity index (χ2n) is 6.40. The van der Waals surface area contributed by atoms with Gasteiger partial charge >= 0.3 is 5.97 Å². The lowest BCUT2D eigenvalue weighted by atomic mass is 10.1. The minimum Gasteiger partial charge on any atom is -0.456 e. The Bertz CT molecular complexity index is 874. The van der Waals surface area contributed by atoms with Gasteiger partial charge in [-0.2, -0.15) is 5.10 Å². The summed E-state index contributed by atoms with van der Waals surface area (Å²) in [4.78, 5) is 40.9. The van der Waals surface area contributed by atoms with Crippen LogP contribution >= 0.6 is 0 Å². The van der Waals surface area contributed by atoms with Crippen LogP contribution in [0.4, 0.5) is 0 Å². The van der Waals surface area contributed by atoms with Crippen LogP contribution in [0.3, 0.4) is 0 Å². The molecule has 0 fully saturated rings. The van der Waals surface area contributed by atoms with Crippen LogP contribution in [0, 0.1) is 20.8 Å². The maximum Gasteiger partial charge on any atom is 0.306 e. The van der Waals surface area contributed by atoms with E-state index in [1.807, 2.05) is 26.8 Å². The smallest absolute Gasteiger partial charge is 0.306 e. The Morgan fingerprint density at radius 1 is 1.26 bits per heavy atom. The second-order valence-corrected chi connectivity index (χ2v) is 6.40. The molecule has 9 heteroatoms. The van der Waals surface area contributed by atoms with E-state index in [9.17, 15) is 14.4 Å². The molecule has 2 heterocycles. The van der Waals surface area contributed by atoms with Gasteiger partial charge in [-0.25, -0.2) is 9.50 Å². The molecule has 2 rings (SSSR count). The van der Waals surface area contributed by atoms with Gasteiger partial charge in [-0.05, 0) is 32.8 Å². The van der Waals surface area contributed by atoms with Crippen molar-refractivity contribution in [2.75, 3.05) is 27.2 Å². The molecular formula is C18H25N5O4. The number of aromatic nitrogens is 3. The Morgan fingerprint density at radius 2 is 1.96 bits per heavy atom. The summed E-state index contributed by atoms with van der Waals surface area (Å²) in [7, 11) is 2.96. The Hall–Kier alpha value is -2.97. The molecule has 0 saturated carbocycles. The fourth-order valence-corrected chi connectivity index (χ4v) is 2.74. The minimum absolute atomic E-state index is 0.0831. The molecule has 2 aromatic heterocycles. The van der Waals surface area contributed by atoms with Gasteiger partial charge in [0.15, 0.2) is 12.3 Å². The van der Waals surface area contributed by atoms with Gasteiger partial charge in [0, 0.05) is 38.0 Å². The van der Waals surface area contributed by atoms with Crippen molar-refractivity contribution in [2.45, 2.75) is 33.6 Å². The molecule has 27 heavy (non-hydrogen) atoms. The Kier molecular flexibility index (Phi) is 6.49. The van der Waals surface area contributed by atoms with Crippen molar-refractivity contribution >= 4 is 23.4 Å². The molecule has 0 unspecified atom stereocenters. The standard InChI is InChI=1S/C18H25N5O4/c1-11-8-15-20-12(2)14(13(3)23(15)21-11)6-7-18(26)27-10-17(25)22(5)9-16(24)19-4/h8H,6-7,9-10H2,1-5H3,(H,19,24). The molecule has 9 nitrogen and oxygen atoms in total. The number of aryl methyl sites for hydroxylation is 3. The van der Waals surface area contributed by atoms with Gasteiger partial charge < -0.3 is 15.0 Å². The highest BCUT2D eigenvalue weighted by Gasteiger charge is 2.16. The normalized spacial score (nSPS) is 10.7. The predicted octanol–water partition coefficient (Wildman–Crippen LogP) is 0.335. The predicted molar refractivity (Wildman–Crippen MR) is 98.2 cm³/mol. The van der Waals surface area contributed by atoms with E-state index in [0.29, 0.717) is 6.42 Å². The minimum atomic E-state index is -0.479. The summed E-state index contributed by atoms with van der Waals surface area (Å²) < 4.78 is 6.79. The first-order valence-corrected chi connectivity index (χ1v) is 8.65. The van der Waals surface area contributed by atoms with Crippen molar-refractivity contribution in [3.05, 3.63) is 28.7 Å². The van der Waals surface area contributed by atoms with Gasteiger partial charge in [0.1, 0.15) is 0 Å². The van der Waals surface area contributed by atoms with E-state index < -0.39 is 11.9 Å². The van der Waals surface area contributed by atoms with E-state index in [1.54, 1.807) is 4.52 Å². The number of ether oxygens (including phenoxy) is 1. The zero-order chi connectivity index (χ0) is 20.1. The zero-order valence-electron chi connectivity index (χ0n) is 16.3. The number of amides is 2. The van der Waals surface area contributed by atoms with E-state index >= 15 is 0 Å². The number of hydrogen-bond donors (Lipinski definition) is 1. The topological polar surface area (TPSA) is 106 Å². The third kappa shape index (κ3) is 5.02. The average Bonchev–Trinajstić information content (AvgIpc) is 2.99. The number of esters is 1. The molecule has 2 aromatic rings. The summed E-state index contributed by atoms with van der Waals surface area (Å²) >= 11 is 0. The summed E-state index contributed by atoms with van der Waals surface area (Å²) in [5.74, 6) is -1.21. The molecule has 146 valence electrons. The van der Waals surface area contributed by atoms with Crippen LogP contribution in [0.1, 0.15) is 29.1 Å². The lowest BCUT2D eigenvalue weighted by Gasteiger charge is -2.16. The first-order chi connectivity index (χ1) is 12.7. The summed E-state index contributed by atoms with van der Waals surface area (Å²) in [5.41, 5.74) is 4.36. The maximum atomic E-state index is 12.0. The van der Waals surface area contributed by atoms with E-state index in [-0.39, 0.29) is 25.5 Å². The number of carbonyl (C=O) groups is 3. The van der Waals surface area contributed by atoms with Crippen molar-refractivity contribution in [1.29, 1.82) is 0 Å². The quantitative estimate of drug-likeness (QED) is 0.700. The van der Waals surface area contributed by atoms with Crippen molar-refractivity contribution in [3.63, 3.8) is 0 Å². The second kappa shape index (κ2) is 8.61. The molecule has 0 radical (unpaired) electrons. The molecule has 0 bridgehead atoms. The third-order valence-corrected chi connectivity index (χ3v) is 4.31. The van der Waals surface area contributed by atoms with Crippen molar-refractivity contribution < 1.29 is 19.1 Å². The number of fused-ring (bicyclic) bond motifs is 1. The van der Waals surface area contributed by atoms with E-state index in [1.165, 1.54) is 19.0 Å².